The van der Waals surface area contributed by atoms with Crippen LogP contribution in [0.3, 0.4) is 0 Å². The largest absolute Gasteiger partial charge is 0.481 e. The summed E-state index contributed by atoms with van der Waals surface area (Å²) in [6, 6.07) is 13.3. The average molecular weight is 559 g/mol. The first kappa shape index (κ1) is 32.5. The van der Waals surface area contributed by atoms with Crippen molar-refractivity contribution < 1.29 is 27.8 Å². The molecule has 3 rings (SSSR count). The Labute approximate surface area is 235 Å². The molecule has 0 heterocycles. The van der Waals surface area contributed by atoms with E-state index in [-0.39, 0.29) is 17.4 Å². The van der Waals surface area contributed by atoms with Crippen LogP contribution in [-0.2, 0) is 15.7 Å². The lowest BCUT2D eigenvalue weighted by Gasteiger charge is -2.23. The number of allylic oxidation sites excluding steroid dienone is 1. The van der Waals surface area contributed by atoms with Crippen molar-refractivity contribution in [2.24, 2.45) is 11.8 Å². The highest BCUT2D eigenvalue weighted by molar-refractivity contribution is 5.70. The number of halogens is 3. The van der Waals surface area contributed by atoms with Gasteiger partial charge >= 0.3 is 12.1 Å². The van der Waals surface area contributed by atoms with Gasteiger partial charge in [0.1, 0.15) is 6.10 Å². The van der Waals surface area contributed by atoms with Crippen LogP contribution in [0.5, 0.6) is 0 Å². The lowest BCUT2D eigenvalue weighted by Crippen LogP contribution is -2.22. The third kappa shape index (κ3) is 9.50. The van der Waals surface area contributed by atoms with Crippen LogP contribution in [0.1, 0.15) is 74.8 Å². The van der Waals surface area contributed by atoms with Gasteiger partial charge in [0.2, 0.25) is 0 Å². The molecule has 1 fully saturated rings. The number of benzene rings is 2. The fourth-order valence-corrected chi connectivity index (χ4v) is 4.73. The van der Waals surface area contributed by atoms with Gasteiger partial charge in [0.05, 0.1) is 22.9 Å². The molecule has 2 aromatic rings. The molecular formula is C32H41F3N2O3. The Balaban J connectivity index is 0.000000469. The summed E-state index contributed by atoms with van der Waals surface area (Å²) in [5.74, 6) is 0.0856. The molecule has 0 radical (unpaired) electrons. The van der Waals surface area contributed by atoms with E-state index < -0.39 is 23.8 Å². The Morgan fingerprint density at radius 1 is 1.10 bits per heavy atom. The van der Waals surface area contributed by atoms with Gasteiger partial charge in [-0.25, -0.2) is 0 Å². The maximum absolute atomic E-state index is 13.3. The number of hydrogen-bond acceptors (Lipinski definition) is 4. The average Bonchev–Trinajstić information content (AvgIpc) is 2.89. The number of aryl methyl sites for hydroxylation is 1. The van der Waals surface area contributed by atoms with Crippen molar-refractivity contribution >= 4 is 11.7 Å². The Hall–Kier alpha value is -3.68. The van der Waals surface area contributed by atoms with Gasteiger partial charge in [0.15, 0.2) is 5.88 Å². The molecule has 2 unspecified atom stereocenters. The number of carboxylic acid groups (broad SMARTS) is 1. The van der Waals surface area contributed by atoms with Crippen LogP contribution in [0.15, 0.2) is 78.8 Å². The third-order valence-corrected chi connectivity index (χ3v) is 6.84. The van der Waals surface area contributed by atoms with E-state index in [1.165, 1.54) is 18.6 Å². The molecule has 0 bridgehead atoms. The van der Waals surface area contributed by atoms with Crippen LogP contribution in [0.4, 0.5) is 13.2 Å². The quantitative estimate of drug-likeness (QED) is 0.214. The number of ether oxygens (including phenoxy) is 1. The molecule has 1 aliphatic carbocycles. The molecule has 3 N–H and O–H groups in total. The highest BCUT2D eigenvalue weighted by Crippen LogP contribution is 2.36. The van der Waals surface area contributed by atoms with Gasteiger partial charge in [0, 0.05) is 12.6 Å². The van der Waals surface area contributed by atoms with Crippen LogP contribution in [0.25, 0.3) is 5.70 Å². The van der Waals surface area contributed by atoms with Gasteiger partial charge in [-0.2, -0.15) is 13.2 Å². The fraction of sp³-hybridized carbons (Fsp3) is 0.406. The maximum atomic E-state index is 13.3. The summed E-state index contributed by atoms with van der Waals surface area (Å²) >= 11 is 0. The molecule has 0 aliphatic heterocycles. The Morgan fingerprint density at radius 2 is 1.73 bits per heavy atom. The lowest BCUT2D eigenvalue weighted by molar-refractivity contribution is -0.143. The first-order valence-electron chi connectivity index (χ1n) is 13.4. The maximum Gasteiger partial charge on any atom is 0.416 e. The van der Waals surface area contributed by atoms with Gasteiger partial charge in [-0.15, -0.1) is 0 Å². The number of hydrogen-bond donors (Lipinski definition) is 3. The Bertz CT molecular complexity index is 1200. The molecule has 0 spiro atoms. The standard InChI is InChI=1S/C24H27F3N2O.C8H14O2/c1-15(2)22(23(28-6)19-13-11-16(3)12-14-19)29-18(5)30-17(4)20-9-7-8-10-21(20)24(25,26)27;1-6-3-2-4-7(5-6)8(9)10/h7-14,17,28-29H,1,5H2,2-4,6H3;6-7H,2-5H2,1H3,(H,9,10)/b23-22+;/t;6-,7?/m.0/s1. The van der Waals surface area contributed by atoms with Crippen LogP contribution in [0.2, 0.25) is 0 Å². The zero-order chi connectivity index (χ0) is 30.0. The van der Waals surface area contributed by atoms with Crippen molar-refractivity contribution in [3.8, 4) is 0 Å². The predicted molar refractivity (Wildman–Crippen MR) is 154 cm³/mol. The van der Waals surface area contributed by atoms with E-state index in [1.807, 2.05) is 38.1 Å². The summed E-state index contributed by atoms with van der Waals surface area (Å²) in [7, 11) is 1.78. The van der Waals surface area contributed by atoms with E-state index in [0.717, 1.165) is 42.2 Å². The topological polar surface area (TPSA) is 70.6 Å². The van der Waals surface area contributed by atoms with Crippen LogP contribution in [-0.4, -0.2) is 18.1 Å². The van der Waals surface area contributed by atoms with E-state index in [4.69, 9.17) is 9.84 Å². The number of carbonyl (C=O) groups is 1. The molecule has 1 aliphatic rings. The second-order valence-corrected chi connectivity index (χ2v) is 10.3. The molecule has 8 heteroatoms. The minimum Gasteiger partial charge on any atom is -0.481 e. The molecule has 3 atom stereocenters. The normalized spacial score (nSPS) is 18.3. The van der Waals surface area contributed by atoms with Crippen molar-refractivity contribution in [3.63, 3.8) is 0 Å². The lowest BCUT2D eigenvalue weighted by atomic mass is 9.83. The second kappa shape index (κ2) is 14.6. The molecule has 2 aromatic carbocycles. The monoisotopic (exact) mass is 558 g/mol. The van der Waals surface area contributed by atoms with E-state index in [1.54, 1.807) is 20.0 Å². The summed E-state index contributed by atoms with van der Waals surface area (Å²) in [5, 5.41) is 14.9. The van der Waals surface area contributed by atoms with E-state index in [2.05, 4.69) is 30.7 Å². The summed E-state index contributed by atoms with van der Waals surface area (Å²) < 4.78 is 45.6. The molecular weight excluding hydrogens is 517 g/mol. The summed E-state index contributed by atoms with van der Waals surface area (Å²) in [4.78, 5) is 10.5. The summed E-state index contributed by atoms with van der Waals surface area (Å²) in [5.41, 5.74) is 3.50. The molecule has 40 heavy (non-hydrogen) atoms. The minimum absolute atomic E-state index is 0.0428. The van der Waals surface area contributed by atoms with Crippen molar-refractivity contribution in [1.29, 1.82) is 0 Å². The van der Waals surface area contributed by atoms with E-state index in [9.17, 15) is 18.0 Å². The fourth-order valence-electron chi connectivity index (χ4n) is 4.73. The van der Waals surface area contributed by atoms with E-state index >= 15 is 0 Å². The van der Waals surface area contributed by atoms with Gasteiger partial charge in [-0.1, -0.05) is 74.4 Å². The predicted octanol–water partition coefficient (Wildman–Crippen LogP) is 8.21. The van der Waals surface area contributed by atoms with Crippen LogP contribution >= 0.6 is 0 Å². The zero-order valence-electron chi connectivity index (χ0n) is 24.0. The number of nitrogens with one attached hydrogen (secondary N) is 2. The SMILES string of the molecule is C=C(N/C(C(=C)C)=C(/NC)c1ccc(C)cc1)OC(C)c1ccccc1C(F)(F)F.C[C@H]1CCCC(C(=O)O)C1. The second-order valence-electron chi connectivity index (χ2n) is 10.3. The Morgan fingerprint density at radius 3 is 2.23 bits per heavy atom. The molecule has 0 saturated heterocycles. The highest BCUT2D eigenvalue weighted by atomic mass is 19.4. The molecule has 0 amide bonds. The van der Waals surface area contributed by atoms with E-state index in [0.29, 0.717) is 17.2 Å². The number of aliphatic carboxylic acids is 1. The van der Waals surface area contributed by atoms with Crippen molar-refractivity contribution in [3.05, 3.63) is 101 Å². The smallest absolute Gasteiger partial charge is 0.416 e. The number of carboxylic acids is 1. The van der Waals surface area contributed by atoms with Gasteiger partial charge < -0.3 is 20.5 Å². The van der Waals surface area contributed by atoms with Crippen molar-refractivity contribution in [2.45, 2.75) is 65.7 Å². The minimum atomic E-state index is -4.46. The van der Waals surface area contributed by atoms with Crippen LogP contribution in [0, 0.1) is 18.8 Å². The third-order valence-electron chi connectivity index (χ3n) is 6.84. The van der Waals surface area contributed by atoms with Crippen LogP contribution < -0.4 is 10.6 Å². The molecule has 218 valence electrons. The Kier molecular flexibility index (Phi) is 11.9. The highest BCUT2D eigenvalue weighted by Gasteiger charge is 2.34. The first-order valence-corrected chi connectivity index (χ1v) is 13.4. The van der Waals surface area contributed by atoms with Gasteiger partial charge in [-0.05, 0) is 63.3 Å². The zero-order valence-corrected chi connectivity index (χ0v) is 24.0. The number of rotatable bonds is 9. The number of alkyl halides is 3. The summed E-state index contributed by atoms with van der Waals surface area (Å²) in [6.07, 6.45) is -1.24. The molecule has 1 saturated carbocycles. The first-order chi connectivity index (χ1) is 18.7. The summed E-state index contributed by atoms with van der Waals surface area (Å²) in [6.45, 7) is 15.4. The van der Waals surface area contributed by atoms with Gasteiger partial charge in [0.25, 0.3) is 0 Å². The van der Waals surface area contributed by atoms with Gasteiger partial charge in [-0.3, -0.25) is 4.79 Å². The van der Waals surface area contributed by atoms with Crippen molar-refractivity contribution in [1.82, 2.24) is 10.6 Å². The molecule has 5 nitrogen and oxygen atoms in total. The molecule has 0 aromatic heterocycles. The van der Waals surface area contributed by atoms with Crippen molar-refractivity contribution in [2.75, 3.05) is 7.05 Å².